The highest BCUT2D eigenvalue weighted by molar-refractivity contribution is 5.62. The minimum atomic E-state index is 0.458. The lowest BCUT2D eigenvalue weighted by Gasteiger charge is -2.32. The van der Waals surface area contributed by atoms with E-state index in [0.717, 1.165) is 23.2 Å². The van der Waals surface area contributed by atoms with Crippen LogP contribution >= 0.6 is 0 Å². The Hall–Kier alpha value is -1.65. The Morgan fingerprint density at radius 3 is 2.94 bits per heavy atom. The van der Waals surface area contributed by atoms with Gasteiger partial charge in [0.25, 0.3) is 0 Å². The number of fused-ring (bicyclic) bond motifs is 1. The second-order valence-electron chi connectivity index (χ2n) is 4.84. The van der Waals surface area contributed by atoms with E-state index in [1.165, 1.54) is 19.3 Å². The molecule has 1 fully saturated rings. The van der Waals surface area contributed by atoms with Crippen LogP contribution in [0.25, 0.3) is 5.65 Å². The van der Waals surface area contributed by atoms with E-state index in [1.54, 1.807) is 6.20 Å². The lowest BCUT2D eigenvalue weighted by atomic mass is 9.80. The van der Waals surface area contributed by atoms with Gasteiger partial charge in [-0.1, -0.05) is 6.42 Å². The van der Waals surface area contributed by atoms with E-state index in [-0.39, 0.29) is 0 Å². The third-order valence-electron chi connectivity index (χ3n) is 3.72. The van der Waals surface area contributed by atoms with Gasteiger partial charge in [0.2, 0.25) is 5.65 Å². The maximum Gasteiger partial charge on any atom is 0.203 e. The molecule has 2 aromatic heterocycles. The van der Waals surface area contributed by atoms with Gasteiger partial charge in [0.05, 0.1) is 0 Å². The molecule has 5 heteroatoms. The van der Waals surface area contributed by atoms with Crippen LogP contribution in [-0.4, -0.2) is 25.6 Å². The molecule has 5 nitrogen and oxygen atoms in total. The Balaban J connectivity index is 1.89. The Kier molecular flexibility index (Phi) is 2.46. The first-order valence-corrected chi connectivity index (χ1v) is 6.18. The van der Waals surface area contributed by atoms with Crippen molar-refractivity contribution in [1.29, 1.82) is 0 Å². The summed E-state index contributed by atoms with van der Waals surface area (Å²) >= 11 is 0. The highest BCUT2D eigenvalue weighted by Gasteiger charge is 2.24. The number of aromatic nitrogens is 4. The molecule has 0 spiro atoms. The summed E-state index contributed by atoms with van der Waals surface area (Å²) in [6.45, 7) is 4.16. The fraction of sp³-hybridized carbons (Fsp3) is 0.583. The van der Waals surface area contributed by atoms with Crippen molar-refractivity contribution >= 4 is 11.5 Å². The minimum Gasteiger partial charge on any atom is -0.364 e. The van der Waals surface area contributed by atoms with Crippen LogP contribution in [0.1, 0.15) is 32.0 Å². The molecule has 0 aromatic carbocycles. The highest BCUT2D eigenvalue weighted by atomic mass is 15.3. The maximum atomic E-state index is 4.37. The van der Waals surface area contributed by atoms with E-state index in [1.807, 2.05) is 17.5 Å². The van der Waals surface area contributed by atoms with Crippen molar-refractivity contribution in [3.8, 4) is 0 Å². The first kappa shape index (κ1) is 10.5. The Morgan fingerprint density at radius 1 is 1.41 bits per heavy atom. The summed E-state index contributed by atoms with van der Waals surface area (Å²) in [7, 11) is 0. The summed E-state index contributed by atoms with van der Waals surface area (Å²) in [5.41, 5.74) is 0.816. The third-order valence-corrected chi connectivity index (χ3v) is 3.72. The van der Waals surface area contributed by atoms with Gasteiger partial charge in [-0.3, -0.25) is 4.40 Å². The lowest BCUT2D eigenvalue weighted by molar-refractivity contribution is 0.285. The van der Waals surface area contributed by atoms with Crippen molar-refractivity contribution in [2.45, 2.75) is 39.2 Å². The average Bonchev–Trinajstić information content (AvgIpc) is 2.59. The van der Waals surface area contributed by atoms with Gasteiger partial charge in [-0.2, -0.15) is 0 Å². The van der Waals surface area contributed by atoms with Gasteiger partial charge in [0.1, 0.15) is 5.82 Å². The normalized spacial score (nSPS) is 18.0. The van der Waals surface area contributed by atoms with Crippen molar-refractivity contribution in [3.63, 3.8) is 0 Å². The summed E-state index contributed by atoms with van der Waals surface area (Å²) in [4.78, 5) is 4.37. The van der Waals surface area contributed by atoms with Gasteiger partial charge in [-0.25, -0.2) is 4.98 Å². The second kappa shape index (κ2) is 3.98. The molecule has 0 saturated heterocycles. The molecule has 90 valence electrons. The molecule has 1 saturated carbocycles. The number of hydrogen-bond acceptors (Lipinski definition) is 4. The number of nitrogens with zero attached hydrogens (tertiary/aromatic N) is 4. The molecule has 1 aliphatic carbocycles. The van der Waals surface area contributed by atoms with Gasteiger partial charge in [0.15, 0.2) is 5.82 Å². The number of hydrogen-bond donors (Lipinski definition) is 1. The average molecular weight is 231 g/mol. The molecule has 17 heavy (non-hydrogen) atoms. The number of anilines is 1. The standard InChI is InChI=1S/C12H17N5/c1-8(10-4-3-5-10)14-11-12-16-15-9(2)17(12)7-6-13-11/h6-8,10H,3-5H2,1-2H3,(H,13,14). The topological polar surface area (TPSA) is 55.1 Å². The largest absolute Gasteiger partial charge is 0.364 e. The predicted octanol–water partition coefficient (Wildman–Crippen LogP) is 2.03. The van der Waals surface area contributed by atoms with Crippen molar-refractivity contribution in [1.82, 2.24) is 19.6 Å². The van der Waals surface area contributed by atoms with Crippen LogP contribution in [0.5, 0.6) is 0 Å². The quantitative estimate of drug-likeness (QED) is 0.878. The molecule has 1 aliphatic rings. The van der Waals surface area contributed by atoms with Gasteiger partial charge < -0.3 is 5.32 Å². The van der Waals surface area contributed by atoms with Crippen molar-refractivity contribution < 1.29 is 0 Å². The third kappa shape index (κ3) is 1.75. The number of rotatable bonds is 3. The molecular formula is C12H17N5. The van der Waals surface area contributed by atoms with E-state index >= 15 is 0 Å². The summed E-state index contributed by atoms with van der Waals surface area (Å²) < 4.78 is 1.96. The number of aryl methyl sites for hydroxylation is 1. The SMILES string of the molecule is Cc1nnc2c(NC(C)C3CCC3)nccn12. The Morgan fingerprint density at radius 2 is 2.24 bits per heavy atom. The molecule has 0 radical (unpaired) electrons. The lowest BCUT2D eigenvalue weighted by Crippen LogP contribution is -2.31. The molecular weight excluding hydrogens is 214 g/mol. The molecule has 1 unspecified atom stereocenters. The smallest absolute Gasteiger partial charge is 0.203 e. The molecule has 0 bridgehead atoms. The molecule has 0 amide bonds. The van der Waals surface area contributed by atoms with Gasteiger partial charge in [-0.05, 0) is 32.6 Å². The van der Waals surface area contributed by atoms with Crippen LogP contribution in [0.4, 0.5) is 5.82 Å². The first-order valence-electron chi connectivity index (χ1n) is 6.18. The molecule has 2 heterocycles. The molecule has 0 aliphatic heterocycles. The summed E-state index contributed by atoms with van der Waals surface area (Å²) in [5.74, 6) is 2.51. The fourth-order valence-electron chi connectivity index (χ4n) is 2.32. The van der Waals surface area contributed by atoms with E-state index in [0.29, 0.717) is 6.04 Å². The Labute approximate surface area is 100 Å². The molecule has 2 aromatic rings. The fourth-order valence-corrected chi connectivity index (χ4v) is 2.32. The second-order valence-corrected chi connectivity index (χ2v) is 4.84. The van der Waals surface area contributed by atoms with Crippen LogP contribution in [0.2, 0.25) is 0 Å². The van der Waals surface area contributed by atoms with Crippen LogP contribution in [-0.2, 0) is 0 Å². The van der Waals surface area contributed by atoms with Crippen LogP contribution < -0.4 is 5.32 Å². The zero-order valence-corrected chi connectivity index (χ0v) is 10.2. The van der Waals surface area contributed by atoms with E-state index in [9.17, 15) is 0 Å². The van der Waals surface area contributed by atoms with Gasteiger partial charge in [0, 0.05) is 18.4 Å². The molecule has 1 N–H and O–H groups in total. The van der Waals surface area contributed by atoms with Crippen LogP contribution in [0.3, 0.4) is 0 Å². The van der Waals surface area contributed by atoms with Gasteiger partial charge in [-0.15, -0.1) is 10.2 Å². The van der Waals surface area contributed by atoms with Crippen molar-refractivity contribution in [2.24, 2.45) is 5.92 Å². The van der Waals surface area contributed by atoms with Crippen molar-refractivity contribution in [2.75, 3.05) is 5.32 Å². The minimum absolute atomic E-state index is 0.458. The summed E-state index contributed by atoms with van der Waals surface area (Å²) in [6, 6.07) is 0.458. The van der Waals surface area contributed by atoms with Crippen LogP contribution in [0.15, 0.2) is 12.4 Å². The predicted molar refractivity (Wildman–Crippen MR) is 65.9 cm³/mol. The van der Waals surface area contributed by atoms with Crippen LogP contribution in [0, 0.1) is 12.8 Å². The van der Waals surface area contributed by atoms with Crippen molar-refractivity contribution in [3.05, 3.63) is 18.2 Å². The molecule has 3 rings (SSSR count). The van der Waals surface area contributed by atoms with Gasteiger partial charge >= 0.3 is 0 Å². The van der Waals surface area contributed by atoms with E-state index < -0.39 is 0 Å². The summed E-state index contributed by atoms with van der Waals surface area (Å²) in [6.07, 6.45) is 7.69. The zero-order chi connectivity index (χ0) is 11.8. The molecule has 1 atom stereocenters. The Bertz CT molecular complexity index is 529. The summed E-state index contributed by atoms with van der Waals surface area (Å²) in [5, 5.41) is 11.7. The monoisotopic (exact) mass is 231 g/mol. The zero-order valence-electron chi connectivity index (χ0n) is 10.2. The maximum absolute atomic E-state index is 4.37. The number of nitrogens with one attached hydrogen (secondary N) is 1. The first-order chi connectivity index (χ1) is 8.25. The van der Waals surface area contributed by atoms with E-state index in [4.69, 9.17) is 0 Å². The van der Waals surface area contributed by atoms with E-state index in [2.05, 4.69) is 27.4 Å². The highest BCUT2D eigenvalue weighted by Crippen LogP contribution is 2.31.